The quantitative estimate of drug-likeness (QED) is 0.805. The zero-order chi connectivity index (χ0) is 15.5. The van der Waals surface area contributed by atoms with Crippen LogP contribution >= 0.6 is 11.8 Å². The number of nitriles is 1. The Balaban J connectivity index is 1.98. The van der Waals surface area contributed by atoms with Gasteiger partial charge in [-0.1, -0.05) is 0 Å². The first kappa shape index (κ1) is 15.9. The van der Waals surface area contributed by atoms with Crippen LogP contribution < -0.4 is 0 Å². The van der Waals surface area contributed by atoms with E-state index >= 15 is 0 Å². The summed E-state index contributed by atoms with van der Waals surface area (Å²) >= 11 is 1.67. The van der Waals surface area contributed by atoms with Crippen LogP contribution in [0.15, 0.2) is 29.2 Å². The molecule has 1 saturated heterocycles. The Labute approximate surface area is 130 Å². The van der Waals surface area contributed by atoms with E-state index in [4.69, 9.17) is 0 Å². The lowest BCUT2D eigenvalue weighted by molar-refractivity contribution is 0.0521. The van der Waals surface area contributed by atoms with Crippen molar-refractivity contribution in [2.24, 2.45) is 0 Å². The first-order valence-electron chi connectivity index (χ1n) is 7.07. The van der Waals surface area contributed by atoms with E-state index in [1.807, 2.05) is 49.3 Å². The van der Waals surface area contributed by atoms with E-state index in [1.165, 1.54) is 0 Å². The number of carbonyl (C=O) groups excluding carboxylic acids is 1. The largest absolute Gasteiger partial charge is 0.336 e. The van der Waals surface area contributed by atoms with Crippen LogP contribution in [0.3, 0.4) is 0 Å². The molecule has 1 aliphatic rings. The summed E-state index contributed by atoms with van der Waals surface area (Å²) in [6, 6.07) is 10.1. The van der Waals surface area contributed by atoms with Gasteiger partial charge >= 0.3 is 0 Å². The Morgan fingerprint density at radius 1 is 1.19 bits per heavy atom. The molecule has 1 heterocycles. The molecule has 0 bridgehead atoms. The van der Waals surface area contributed by atoms with Crippen LogP contribution in [0.25, 0.3) is 0 Å². The molecule has 112 valence electrons. The lowest BCUT2D eigenvalue weighted by Gasteiger charge is -2.40. The number of piperazine rings is 1. The average molecular weight is 303 g/mol. The molecule has 2 rings (SSSR count). The van der Waals surface area contributed by atoms with Crippen LogP contribution in [0.1, 0.15) is 24.2 Å². The standard InChI is InChI=1S/C16H21N3OS/c1-16(2,12-17)19-10-8-18(9-11-19)15(20)13-4-6-14(21-3)7-5-13/h4-7H,8-11H2,1-3H3. The number of carbonyl (C=O) groups is 1. The number of rotatable bonds is 3. The molecule has 0 N–H and O–H groups in total. The van der Waals surface area contributed by atoms with Gasteiger partial charge in [-0.3, -0.25) is 9.69 Å². The second-order valence-corrected chi connectivity index (χ2v) is 6.56. The molecule has 1 aliphatic heterocycles. The minimum absolute atomic E-state index is 0.0806. The van der Waals surface area contributed by atoms with Gasteiger partial charge in [-0.05, 0) is 44.4 Å². The summed E-state index contributed by atoms with van der Waals surface area (Å²) in [5.74, 6) is 0.0806. The van der Waals surface area contributed by atoms with E-state index in [0.29, 0.717) is 13.1 Å². The zero-order valence-electron chi connectivity index (χ0n) is 12.8. The summed E-state index contributed by atoms with van der Waals surface area (Å²) in [5.41, 5.74) is 0.274. The van der Waals surface area contributed by atoms with Gasteiger partial charge in [-0.15, -0.1) is 11.8 Å². The maximum atomic E-state index is 12.5. The number of hydrogen-bond acceptors (Lipinski definition) is 4. The van der Waals surface area contributed by atoms with Crippen LogP contribution in [0, 0.1) is 11.3 Å². The highest BCUT2D eigenvalue weighted by atomic mass is 32.2. The van der Waals surface area contributed by atoms with Crippen molar-refractivity contribution in [2.75, 3.05) is 32.4 Å². The van der Waals surface area contributed by atoms with E-state index in [-0.39, 0.29) is 5.91 Å². The molecular formula is C16H21N3OS. The van der Waals surface area contributed by atoms with Gasteiger partial charge in [0.2, 0.25) is 0 Å². The molecule has 0 saturated carbocycles. The Kier molecular flexibility index (Phi) is 4.92. The Morgan fingerprint density at radius 3 is 2.24 bits per heavy atom. The molecule has 0 aliphatic carbocycles. The highest BCUT2D eigenvalue weighted by Gasteiger charge is 2.31. The molecule has 0 atom stereocenters. The van der Waals surface area contributed by atoms with Crippen molar-refractivity contribution in [3.8, 4) is 6.07 Å². The Bertz CT molecular complexity index is 540. The number of amides is 1. The topological polar surface area (TPSA) is 47.3 Å². The molecule has 1 aromatic carbocycles. The van der Waals surface area contributed by atoms with Gasteiger partial charge in [-0.25, -0.2) is 0 Å². The SMILES string of the molecule is CSc1ccc(C(=O)N2CCN(C(C)(C)C#N)CC2)cc1. The molecular weight excluding hydrogens is 282 g/mol. The fourth-order valence-corrected chi connectivity index (χ4v) is 2.86. The Morgan fingerprint density at radius 2 is 1.76 bits per heavy atom. The van der Waals surface area contributed by atoms with Crippen molar-refractivity contribution < 1.29 is 4.79 Å². The van der Waals surface area contributed by atoms with E-state index in [9.17, 15) is 10.1 Å². The molecule has 1 aromatic rings. The predicted molar refractivity (Wildman–Crippen MR) is 85.4 cm³/mol. The lowest BCUT2D eigenvalue weighted by Crippen LogP contribution is -2.55. The maximum Gasteiger partial charge on any atom is 0.253 e. The number of benzene rings is 1. The predicted octanol–water partition coefficient (Wildman–Crippen LogP) is 2.47. The van der Waals surface area contributed by atoms with Crippen molar-refractivity contribution in [1.29, 1.82) is 5.26 Å². The number of hydrogen-bond donors (Lipinski definition) is 0. The second kappa shape index (κ2) is 6.50. The van der Waals surface area contributed by atoms with Crippen molar-refractivity contribution in [1.82, 2.24) is 9.80 Å². The van der Waals surface area contributed by atoms with Crippen LogP contribution in [0.4, 0.5) is 0 Å². The van der Waals surface area contributed by atoms with Crippen LogP contribution in [-0.2, 0) is 0 Å². The van der Waals surface area contributed by atoms with E-state index in [1.54, 1.807) is 11.8 Å². The van der Waals surface area contributed by atoms with Gasteiger partial charge in [0, 0.05) is 36.6 Å². The van der Waals surface area contributed by atoms with Gasteiger partial charge < -0.3 is 4.90 Å². The molecule has 1 amide bonds. The number of nitrogens with zero attached hydrogens (tertiary/aromatic N) is 3. The molecule has 0 unspecified atom stereocenters. The van der Waals surface area contributed by atoms with E-state index < -0.39 is 5.54 Å². The summed E-state index contributed by atoms with van der Waals surface area (Å²) in [4.78, 5) is 17.6. The summed E-state index contributed by atoms with van der Waals surface area (Å²) in [6.45, 7) is 6.68. The highest BCUT2D eigenvalue weighted by molar-refractivity contribution is 7.98. The van der Waals surface area contributed by atoms with Gasteiger partial charge in [0.25, 0.3) is 5.91 Å². The monoisotopic (exact) mass is 303 g/mol. The first-order chi connectivity index (χ1) is 9.97. The molecule has 5 heteroatoms. The van der Waals surface area contributed by atoms with Gasteiger partial charge in [0.05, 0.1) is 6.07 Å². The molecule has 0 radical (unpaired) electrons. The molecule has 21 heavy (non-hydrogen) atoms. The van der Waals surface area contributed by atoms with E-state index in [0.717, 1.165) is 23.5 Å². The van der Waals surface area contributed by atoms with Gasteiger partial charge in [0.15, 0.2) is 0 Å². The third-order valence-corrected chi connectivity index (χ3v) is 4.71. The summed E-state index contributed by atoms with van der Waals surface area (Å²) in [7, 11) is 0. The molecule has 4 nitrogen and oxygen atoms in total. The van der Waals surface area contributed by atoms with Crippen molar-refractivity contribution in [2.45, 2.75) is 24.3 Å². The third-order valence-electron chi connectivity index (χ3n) is 3.97. The maximum absolute atomic E-state index is 12.5. The summed E-state index contributed by atoms with van der Waals surface area (Å²) < 4.78 is 0. The van der Waals surface area contributed by atoms with E-state index in [2.05, 4.69) is 11.0 Å². The number of thioether (sulfide) groups is 1. The zero-order valence-corrected chi connectivity index (χ0v) is 13.6. The van der Waals surface area contributed by atoms with Crippen LogP contribution in [-0.4, -0.2) is 53.7 Å². The molecule has 0 spiro atoms. The fourth-order valence-electron chi connectivity index (χ4n) is 2.46. The summed E-state index contributed by atoms with van der Waals surface area (Å²) in [6.07, 6.45) is 2.02. The van der Waals surface area contributed by atoms with Crippen LogP contribution in [0.5, 0.6) is 0 Å². The molecule has 0 aromatic heterocycles. The smallest absolute Gasteiger partial charge is 0.253 e. The minimum atomic E-state index is -0.463. The normalized spacial score (nSPS) is 16.6. The highest BCUT2D eigenvalue weighted by Crippen LogP contribution is 2.19. The van der Waals surface area contributed by atoms with Crippen molar-refractivity contribution in [3.05, 3.63) is 29.8 Å². The fraction of sp³-hybridized carbons (Fsp3) is 0.500. The second-order valence-electron chi connectivity index (χ2n) is 5.68. The van der Waals surface area contributed by atoms with Crippen molar-refractivity contribution in [3.63, 3.8) is 0 Å². The van der Waals surface area contributed by atoms with Gasteiger partial charge in [0.1, 0.15) is 5.54 Å². The Hall–Kier alpha value is -1.51. The average Bonchev–Trinajstić information content (AvgIpc) is 2.54. The summed E-state index contributed by atoms with van der Waals surface area (Å²) in [5, 5.41) is 9.17. The first-order valence-corrected chi connectivity index (χ1v) is 8.30. The minimum Gasteiger partial charge on any atom is -0.336 e. The van der Waals surface area contributed by atoms with Gasteiger partial charge in [-0.2, -0.15) is 5.26 Å². The van der Waals surface area contributed by atoms with Crippen molar-refractivity contribution >= 4 is 17.7 Å². The lowest BCUT2D eigenvalue weighted by atomic mass is 10.0. The molecule has 1 fully saturated rings. The van der Waals surface area contributed by atoms with Crippen LogP contribution in [0.2, 0.25) is 0 Å². The third kappa shape index (κ3) is 3.58.